The first kappa shape index (κ1) is 16.3. The average molecular weight is 341 g/mol. The quantitative estimate of drug-likeness (QED) is 0.656. The van der Waals surface area contributed by atoms with E-state index < -0.39 is 0 Å². The molecule has 0 unspecified atom stereocenters. The summed E-state index contributed by atoms with van der Waals surface area (Å²) in [6.45, 7) is 1.94. The highest BCUT2D eigenvalue weighted by Gasteiger charge is 2.20. The molecule has 1 aromatic heterocycles. The highest BCUT2D eigenvalue weighted by Crippen LogP contribution is 2.31. The summed E-state index contributed by atoms with van der Waals surface area (Å²) in [7, 11) is 0. The summed E-state index contributed by atoms with van der Waals surface area (Å²) in [4.78, 5) is 28.0. The van der Waals surface area contributed by atoms with E-state index in [9.17, 15) is 9.59 Å². The number of H-pyrrole nitrogens is 1. The van der Waals surface area contributed by atoms with Crippen LogP contribution >= 0.6 is 11.6 Å². The van der Waals surface area contributed by atoms with E-state index in [0.717, 1.165) is 11.8 Å². The van der Waals surface area contributed by atoms with Gasteiger partial charge in [-0.2, -0.15) is 0 Å². The molecule has 0 spiro atoms. The molecule has 122 valence electrons. The van der Waals surface area contributed by atoms with Crippen LogP contribution in [0.4, 0.5) is 5.69 Å². The molecule has 3 rings (SSSR count). The summed E-state index contributed by atoms with van der Waals surface area (Å²) >= 11 is 6.04. The summed E-state index contributed by atoms with van der Waals surface area (Å²) in [5.74, 6) is -0.287. The zero-order valence-corrected chi connectivity index (χ0v) is 14.0. The molecule has 0 fully saturated rings. The van der Waals surface area contributed by atoms with Crippen LogP contribution in [0, 0.1) is 0 Å². The number of hydrogen-bond acceptors (Lipinski definition) is 2. The van der Waals surface area contributed by atoms with E-state index in [1.807, 2.05) is 25.1 Å². The lowest BCUT2D eigenvalue weighted by atomic mass is 10.1. The number of amides is 1. The number of halogens is 1. The van der Waals surface area contributed by atoms with Gasteiger partial charge in [-0.1, -0.05) is 48.9 Å². The SMILES string of the molecule is CCCC(=O)Nc1c(C(=O)c2ccccc2)[nH]c2cc(Cl)ccc12. The van der Waals surface area contributed by atoms with Crippen molar-refractivity contribution in [3.05, 3.63) is 64.8 Å². The maximum Gasteiger partial charge on any atom is 0.224 e. The molecule has 2 N–H and O–H groups in total. The molecule has 2 aromatic carbocycles. The van der Waals surface area contributed by atoms with E-state index in [1.165, 1.54) is 0 Å². The third-order valence-electron chi connectivity index (χ3n) is 3.77. The summed E-state index contributed by atoms with van der Waals surface area (Å²) < 4.78 is 0. The van der Waals surface area contributed by atoms with E-state index in [2.05, 4.69) is 10.3 Å². The maximum atomic E-state index is 12.8. The molecule has 4 nitrogen and oxygen atoms in total. The van der Waals surface area contributed by atoms with Gasteiger partial charge in [0.15, 0.2) is 0 Å². The van der Waals surface area contributed by atoms with Crippen LogP contribution in [0.1, 0.15) is 35.8 Å². The molecule has 0 saturated heterocycles. The standard InChI is InChI=1S/C19H17ClN2O2/c1-2-6-16(23)22-17-14-10-9-13(20)11-15(14)21-18(17)19(24)12-7-4-3-5-8-12/h3-5,7-11,21H,2,6H2,1H3,(H,22,23). The third kappa shape index (κ3) is 3.19. The fourth-order valence-electron chi connectivity index (χ4n) is 2.63. The largest absolute Gasteiger partial charge is 0.350 e. The summed E-state index contributed by atoms with van der Waals surface area (Å²) in [5, 5.41) is 4.20. The topological polar surface area (TPSA) is 62.0 Å². The minimum absolute atomic E-state index is 0.115. The van der Waals surface area contributed by atoms with Crippen molar-refractivity contribution in [2.24, 2.45) is 0 Å². The van der Waals surface area contributed by atoms with Crippen LogP contribution in [-0.4, -0.2) is 16.7 Å². The molecule has 0 aliphatic rings. The Morgan fingerprint density at radius 1 is 1.12 bits per heavy atom. The first-order valence-corrected chi connectivity index (χ1v) is 8.18. The summed E-state index contributed by atoms with van der Waals surface area (Å²) in [6.07, 6.45) is 1.14. The van der Waals surface area contributed by atoms with Gasteiger partial charge in [0.1, 0.15) is 5.69 Å². The molecular formula is C19H17ClN2O2. The number of anilines is 1. The van der Waals surface area contributed by atoms with Crippen molar-refractivity contribution in [3.63, 3.8) is 0 Å². The van der Waals surface area contributed by atoms with Gasteiger partial charge in [-0.3, -0.25) is 9.59 Å². The minimum atomic E-state index is -0.172. The van der Waals surface area contributed by atoms with Gasteiger partial charge in [0.05, 0.1) is 5.69 Å². The highest BCUT2D eigenvalue weighted by atomic mass is 35.5. The Kier molecular flexibility index (Phi) is 4.67. The van der Waals surface area contributed by atoms with Gasteiger partial charge in [0.25, 0.3) is 0 Å². The fourth-order valence-corrected chi connectivity index (χ4v) is 2.80. The highest BCUT2D eigenvalue weighted by molar-refractivity contribution is 6.31. The monoisotopic (exact) mass is 340 g/mol. The van der Waals surface area contributed by atoms with Gasteiger partial charge in [-0.25, -0.2) is 0 Å². The lowest BCUT2D eigenvalue weighted by molar-refractivity contribution is -0.116. The second-order valence-corrected chi connectivity index (χ2v) is 5.99. The Bertz CT molecular complexity index is 900. The molecule has 0 bridgehead atoms. The van der Waals surface area contributed by atoms with Crippen molar-refractivity contribution in [2.45, 2.75) is 19.8 Å². The van der Waals surface area contributed by atoms with Gasteiger partial charge in [0, 0.05) is 27.9 Å². The van der Waals surface area contributed by atoms with Crippen molar-refractivity contribution < 1.29 is 9.59 Å². The van der Waals surface area contributed by atoms with Crippen molar-refractivity contribution >= 4 is 39.9 Å². The van der Waals surface area contributed by atoms with Gasteiger partial charge in [0.2, 0.25) is 11.7 Å². The zero-order chi connectivity index (χ0) is 17.1. The molecular weight excluding hydrogens is 324 g/mol. The molecule has 0 aliphatic carbocycles. The summed E-state index contributed by atoms with van der Waals surface area (Å²) in [6, 6.07) is 14.3. The Labute approximate surface area is 144 Å². The molecule has 0 saturated carbocycles. The van der Waals surface area contributed by atoms with Crippen LogP contribution in [0.5, 0.6) is 0 Å². The molecule has 3 aromatic rings. The van der Waals surface area contributed by atoms with Gasteiger partial charge >= 0.3 is 0 Å². The number of ketones is 1. The van der Waals surface area contributed by atoms with E-state index >= 15 is 0 Å². The number of fused-ring (bicyclic) bond motifs is 1. The molecule has 0 radical (unpaired) electrons. The Hall–Kier alpha value is -2.59. The number of aromatic nitrogens is 1. The summed E-state index contributed by atoms with van der Waals surface area (Å²) in [5.41, 5.74) is 2.15. The lowest BCUT2D eigenvalue weighted by Crippen LogP contribution is -2.14. The predicted molar refractivity (Wildman–Crippen MR) is 96.7 cm³/mol. The van der Waals surface area contributed by atoms with E-state index in [4.69, 9.17) is 11.6 Å². The number of hydrogen-bond donors (Lipinski definition) is 2. The van der Waals surface area contributed by atoms with Crippen molar-refractivity contribution in [3.8, 4) is 0 Å². The second-order valence-electron chi connectivity index (χ2n) is 5.56. The third-order valence-corrected chi connectivity index (χ3v) is 4.00. The first-order valence-electron chi connectivity index (χ1n) is 7.81. The molecule has 24 heavy (non-hydrogen) atoms. The second kappa shape index (κ2) is 6.89. The molecule has 5 heteroatoms. The number of nitrogens with one attached hydrogen (secondary N) is 2. The minimum Gasteiger partial charge on any atom is -0.350 e. The van der Waals surface area contributed by atoms with Gasteiger partial charge in [-0.15, -0.1) is 0 Å². The van der Waals surface area contributed by atoms with Crippen molar-refractivity contribution in [2.75, 3.05) is 5.32 Å². The van der Waals surface area contributed by atoms with Crippen LogP contribution in [0.25, 0.3) is 10.9 Å². The molecule has 0 aliphatic heterocycles. The number of carbonyl (C=O) groups is 2. The molecule has 1 heterocycles. The molecule has 1 amide bonds. The van der Waals surface area contributed by atoms with Crippen LogP contribution < -0.4 is 5.32 Å². The number of rotatable bonds is 5. The lowest BCUT2D eigenvalue weighted by Gasteiger charge is -2.06. The van der Waals surface area contributed by atoms with E-state index in [0.29, 0.717) is 33.9 Å². The van der Waals surface area contributed by atoms with Crippen molar-refractivity contribution in [1.82, 2.24) is 4.98 Å². The zero-order valence-electron chi connectivity index (χ0n) is 13.2. The number of carbonyl (C=O) groups excluding carboxylic acids is 2. The van der Waals surface area contributed by atoms with Gasteiger partial charge < -0.3 is 10.3 Å². The van der Waals surface area contributed by atoms with Crippen LogP contribution in [0.15, 0.2) is 48.5 Å². The fraction of sp³-hybridized carbons (Fsp3) is 0.158. The molecule has 0 atom stereocenters. The Balaban J connectivity index is 2.11. The Morgan fingerprint density at radius 2 is 1.88 bits per heavy atom. The average Bonchev–Trinajstić information content (AvgIpc) is 2.92. The number of aromatic amines is 1. The van der Waals surface area contributed by atoms with E-state index in [-0.39, 0.29) is 11.7 Å². The smallest absolute Gasteiger partial charge is 0.224 e. The van der Waals surface area contributed by atoms with Crippen molar-refractivity contribution in [1.29, 1.82) is 0 Å². The maximum absolute atomic E-state index is 12.8. The first-order chi connectivity index (χ1) is 11.6. The van der Waals surface area contributed by atoms with Crippen LogP contribution in [0.2, 0.25) is 5.02 Å². The van der Waals surface area contributed by atoms with Crippen LogP contribution in [0.3, 0.4) is 0 Å². The van der Waals surface area contributed by atoms with E-state index in [1.54, 1.807) is 30.3 Å². The normalized spacial score (nSPS) is 10.8. The van der Waals surface area contributed by atoms with Gasteiger partial charge in [-0.05, 0) is 24.6 Å². The Morgan fingerprint density at radius 3 is 2.58 bits per heavy atom. The van der Waals surface area contributed by atoms with Crippen LogP contribution in [-0.2, 0) is 4.79 Å². The predicted octanol–water partition coefficient (Wildman–Crippen LogP) is 4.79. The number of benzene rings is 2.